The largest absolute Gasteiger partial charge is 0.367 e. The van der Waals surface area contributed by atoms with Crippen LogP contribution in [0.15, 0.2) is 23.0 Å². The molecule has 1 aliphatic heterocycles. The van der Waals surface area contributed by atoms with Gasteiger partial charge in [0.25, 0.3) is 5.56 Å². The summed E-state index contributed by atoms with van der Waals surface area (Å²) < 4.78 is 1.67. The molecule has 0 saturated carbocycles. The molecule has 1 aliphatic carbocycles. The molecular weight excluding hydrogens is 376 g/mol. The molecule has 0 bridgehead atoms. The summed E-state index contributed by atoms with van der Waals surface area (Å²) in [5, 5.41) is 16.8. The van der Waals surface area contributed by atoms with Crippen LogP contribution in [0.4, 0.5) is 5.82 Å². The molecule has 162 valence electrons. The first kappa shape index (κ1) is 21.0. The number of piperidine rings is 1. The van der Waals surface area contributed by atoms with E-state index in [1.807, 2.05) is 6.07 Å². The highest BCUT2D eigenvalue weighted by molar-refractivity contribution is 5.34. The molecule has 1 atom stereocenters. The van der Waals surface area contributed by atoms with Crippen molar-refractivity contribution in [2.24, 2.45) is 0 Å². The predicted molar refractivity (Wildman–Crippen MR) is 119 cm³/mol. The molecule has 2 aromatic rings. The zero-order valence-corrected chi connectivity index (χ0v) is 18.5. The first-order chi connectivity index (χ1) is 14.4. The fourth-order valence-corrected chi connectivity index (χ4v) is 4.46. The highest BCUT2D eigenvalue weighted by Gasteiger charge is 2.23. The van der Waals surface area contributed by atoms with Gasteiger partial charge in [-0.05, 0) is 56.3 Å². The number of fused-ring (bicyclic) bond motifs is 1. The van der Waals surface area contributed by atoms with E-state index in [1.165, 1.54) is 12.8 Å². The minimum atomic E-state index is 0.00930. The SMILES string of the molecule is CC(C)(C)c1ccc(NCC2CCCCN2CCn2nc3c(cc2=O)CCC3)nn1. The lowest BCUT2D eigenvalue weighted by Crippen LogP contribution is -2.45. The Morgan fingerprint density at radius 2 is 1.97 bits per heavy atom. The first-order valence-corrected chi connectivity index (χ1v) is 11.3. The zero-order valence-electron chi connectivity index (χ0n) is 18.5. The van der Waals surface area contributed by atoms with Crippen molar-refractivity contribution < 1.29 is 0 Å². The second-order valence-electron chi connectivity index (χ2n) is 9.65. The summed E-state index contributed by atoms with van der Waals surface area (Å²) in [5.74, 6) is 0.824. The van der Waals surface area contributed by atoms with Crippen LogP contribution in [0.1, 0.15) is 63.4 Å². The molecule has 30 heavy (non-hydrogen) atoms. The van der Waals surface area contributed by atoms with Crippen molar-refractivity contribution in [2.75, 3.05) is 25.0 Å². The number of likely N-dealkylation sites (tertiary alicyclic amines) is 1. The van der Waals surface area contributed by atoms with Gasteiger partial charge < -0.3 is 5.32 Å². The molecule has 7 nitrogen and oxygen atoms in total. The highest BCUT2D eigenvalue weighted by atomic mass is 16.1. The topological polar surface area (TPSA) is 75.9 Å². The Hall–Kier alpha value is -2.28. The van der Waals surface area contributed by atoms with Crippen molar-refractivity contribution in [3.63, 3.8) is 0 Å². The van der Waals surface area contributed by atoms with E-state index in [1.54, 1.807) is 10.7 Å². The molecule has 0 aromatic carbocycles. The second kappa shape index (κ2) is 8.84. The van der Waals surface area contributed by atoms with E-state index < -0.39 is 0 Å². The summed E-state index contributed by atoms with van der Waals surface area (Å²) in [6.07, 6.45) is 6.73. The minimum Gasteiger partial charge on any atom is -0.367 e. The predicted octanol–water partition coefficient (Wildman–Crippen LogP) is 2.79. The van der Waals surface area contributed by atoms with Gasteiger partial charge in [-0.2, -0.15) is 10.2 Å². The van der Waals surface area contributed by atoms with Gasteiger partial charge in [0.05, 0.1) is 17.9 Å². The Balaban J connectivity index is 1.35. The normalized spacial score (nSPS) is 19.6. The lowest BCUT2D eigenvalue weighted by Gasteiger charge is -2.35. The van der Waals surface area contributed by atoms with Crippen LogP contribution >= 0.6 is 0 Å². The second-order valence-corrected chi connectivity index (χ2v) is 9.65. The molecule has 7 heteroatoms. The lowest BCUT2D eigenvalue weighted by molar-refractivity contribution is 0.148. The molecule has 4 rings (SSSR count). The summed E-state index contributed by atoms with van der Waals surface area (Å²) >= 11 is 0. The maximum Gasteiger partial charge on any atom is 0.267 e. The van der Waals surface area contributed by atoms with E-state index in [4.69, 9.17) is 0 Å². The maximum absolute atomic E-state index is 12.4. The summed E-state index contributed by atoms with van der Waals surface area (Å²) in [5.41, 5.74) is 3.31. The molecular formula is C23H34N6O. The van der Waals surface area contributed by atoms with E-state index in [9.17, 15) is 4.79 Å². The van der Waals surface area contributed by atoms with E-state index in [2.05, 4.69) is 52.4 Å². The average Bonchev–Trinajstić information content (AvgIpc) is 3.18. The monoisotopic (exact) mass is 410 g/mol. The van der Waals surface area contributed by atoms with Crippen molar-refractivity contribution in [3.05, 3.63) is 45.5 Å². The Morgan fingerprint density at radius 3 is 2.73 bits per heavy atom. The van der Waals surface area contributed by atoms with Crippen molar-refractivity contribution in [1.82, 2.24) is 24.9 Å². The Kier molecular flexibility index (Phi) is 6.18. The molecule has 1 fully saturated rings. The van der Waals surface area contributed by atoms with Crippen LogP contribution in [0.3, 0.4) is 0 Å². The number of hydrogen-bond acceptors (Lipinski definition) is 6. The highest BCUT2D eigenvalue weighted by Crippen LogP contribution is 2.21. The van der Waals surface area contributed by atoms with Crippen LogP contribution < -0.4 is 10.9 Å². The van der Waals surface area contributed by atoms with Crippen LogP contribution in [-0.2, 0) is 24.8 Å². The van der Waals surface area contributed by atoms with Gasteiger partial charge in [0.15, 0.2) is 0 Å². The van der Waals surface area contributed by atoms with Gasteiger partial charge in [-0.15, -0.1) is 5.10 Å². The summed E-state index contributed by atoms with van der Waals surface area (Å²) in [7, 11) is 0. The molecule has 0 spiro atoms. The number of nitrogens with one attached hydrogen (secondary N) is 1. The summed E-state index contributed by atoms with van der Waals surface area (Å²) in [6.45, 7) is 9.85. The van der Waals surface area contributed by atoms with Crippen LogP contribution in [0.2, 0.25) is 0 Å². The van der Waals surface area contributed by atoms with Crippen LogP contribution in [-0.4, -0.2) is 50.6 Å². The third-order valence-corrected chi connectivity index (χ3v) is 6.32. The van der Waals surface area contributed by atoms with Gasteiger partial charge in [0.2, 0.25) is 0 Å². The minimum absolute atomic E-state index is 0.00930. The van der Waals surface area contributed by atoms with E-state index in [0.717, 1.165) is 68.1 Å². The first-order valence-electron chi connectivity index (χ1n) is 11.3. The fraction of sp³-hybridized carbons (Fsp3) is 0.652. The molecule has 1 N–H and O–H groups in total. The summed E-state index contributed by atoms with van der Waals surface area (Å²) in [6, 6.07) is 6.31. The van der Waals surface area contributed by atoms with Crippen molar-refractivity contribution in [3.8, 4) is 0 Å². The van der Waals surface area contributed by atoms with Crippen molar-refractivity contribution in [2.45, 2.75) is 77.3 Å². The maximum atomic E-state index is 12.4. The number of nitrogens with zero attached hydrogens (tertiary/aromatic N) is 5. The molecule has 2 aliphatic rings. The van der Waals surface area contributed by atoms with Crippen LogP contribution in [0, 0.1) is 0 Å². The number of aryl methyl sites for hydroxylation is 2. The van der Waals surface area contributed by atoms with Gasteiger partial charge in [-0.3, -0.25) is 9.69 Å². The quantitative estimate of drug-likeness (QED) is 0.789. The third kappa shape index (κ3) is 4.89. The van der Waals surface area contributed by atoms with Gasteiger partial charge in [0.1, 0.15) is 5.82 Å². The smallest absolute Gasteiger partial charge is 0.267 e. The Labute approximate surface area is 178 Å². The Bertz CT molecular complexity index is 915. The number of aromatic nitrogens is 4. The van der Waals surface area contributed by atoms with Crippen LogP contribution in [0.5, 0.6) is 0 Å². The summed E-state index contributed by atoms with van der Waals surface area (Å²) in [4.78, 5) is 14.9. The van der Waals surface area contributed by atoms with Gasteiger partial charge in [-0.25, -0.2) is 4.68 Å². The van der Waals surface area contributed by atoms with Crippen LogP contribution in [0.25, 0.3) is 0 Å². The molecule has 1 unspecified atom stereocenters. The van der Waals surface area contributed by atoms with Crippen molar-refractivity contribution >= 4 is 5.82 Å². The standard InChI is InChI=1S/C23H34N6O/c1-23(2,3)20-10-11-21(26-25-20)24-16-18-8-4-5-12-28(18)13-14-29-22(30)15-17-7-6-9-19(17)27-29/h10-11,15,18H,4-9,12-14,16H2,1-3H3,(H,24,26). The number of anilines is 1. The third-order valence-electron chi connectivity index (χ3n) is 6.32. The van der Waals surface area contributed by atoms with Gasteiger partial charge in [-0.1, -0.05) is 27.2 Å². The van der Waals surface area contributed by atoms with Crippen molar-refractivity contribution in [1.29, 1.82) is 0 Å². The number of rotatable bonds is 6. The van der Waals surface area contributed by atoms with Gasteiger partial charge in [0, 0.05) is 30.6 Å². The van der Waals surface area contributed by atoms with E-state index >= 15 is 0 Å². The molecule has 3 heterocycles. The fourth-order valence-electron chi connectivity index (χ4n) is 4.46. The average molecular weight is 411 g/mol. The lowest BCUT2D eigenvalue weighted by atomic mass is 9.92. The number of hydrogen-bond donors (Lipinski definition) is 1. The molecule has 2 aromatic heterocycles. The molecule has 0 amide bonds. The Morgan fingerprint density at radius 1 is 1.10 bits per heavy atom. The molecule has 0 radical (unpaired) electrons. The zero-order chi connectivity index (χ0) is 21.1. The van der Waals surface area contributed by atoms with Gasteiger partial charge >= 0.3 is 0 Å². The molecule has 1 saturated heterocycles. The van der Waals surface area contributed by atoms with E-state index in [0.29, 0.717) is 12.6 Å². The van der Waals surface area contributed by atoms with E-state index in [-0.39, 0.29) is 11.0 Å².